The van der Waals surface area contributed by atoms with Crippen LogP contribution in [-0.2, 0) is 10.3 Å². The summed E-state index contributed by atoms with van der Waals surface area (Å²) in [5.41, 5.74) is 0.840. The van der Waals surface area contributed by atoms with Gasteiger partial charge in [0, 0.05) is 12.4 Å². The summed E-state index contributed by atoms with van der Waals surface area (Å²) in [5, 5.41) is 0. The van der Waals surface area contributed by atoms with Gasteiger partial charge in [0.05, 0.1) is 18.5 Å². The van der Waals surface area contributed by atoms with Crippen LogP contribution in [0.25, 0.3) is 0 Å². The van der Waals surface area contributed by atoms with E-state index in [1.165, 1.54) is 0 Å². The molecule has 3 nitrogen and oxygen atoms in total. The minimum atomic E-state index is -0.193. The van der Waals surface area contributed by atoms with Crippen LogP contribution in [0.4, 0.5) is 0 Å². The highest BCUT2D eigenvalue weighted by molar-refractivity contribution is 5.19. The fraction of sp³-hybridized carbons (Fsp3) is 0.600. The van der Waals surface area contributed by atoms with Gasteiger partial charge in [-0.1, -0.05) is 20.8 Å². The molecule has 1 unspecified atom stereocenters. The van der Waals surface area contributed by atoms with Crippen LogP contribution in [0.2, 0.25) is 0 Å². The molecule has 1 aromatic rings. The SMILES string of the molecule is CC(C)(C)C1(c2cnccn2)CO1. The van der Waals surface area contributed by atoms with Crippen molar-refractivity contribution < 1.29 is 4.74 Å². The maximum absolute atomic E-state index is 5.54. The lowest BCUT2D eigenvalue weighted by molar-refractivity contribution is 0.150. The number of aromatic nitrogens is 2. The summed E-state index contributed by atoms with van der Waals surface area (Å²) in [6, 6.07) is 0. The van der Waals surface area contributed by atoms with E-state index in [0.29, 0.717) is 0 Å². The summed E-state index contributed by atoms with van der Waals surface area (Å²) in [6.07, 6.45) is 5.19. The Balaban J connectivity index is 2.37. The van der Waals surface area contributed by atoms with Crippen molar-refractivity contribution in [3.63, 3.8) is 0 Å². The van der Waals surface area contributed by atoms with Crippen LogP contribution in [0.3, 0.4) is 0 Å². The van der Waals surface area contributed by atoms with Gasteiger partial charge in [0.15, 0.2) is 0 Å². The molecule has 0 radical (unpaired) electrons. The molecule has 0 saturated carbocycles. The Morgan fingerprint density at radius 3 is 2.46 bits per heavy atom. The summed E-state index contributed by atoms with van der Waals surface area (Å²) >= 11 is 0. The van der Waals surface area contributed by atoms with Crippen LogP contribution in [0, 0.1) is 5.41 Å². The predicted molar refractivity (Wildman–Crippen MR) is 49.1 cm³/mol. The molecule has 1 fully saturated rings. The van der Waals surface area contributed by atoms with E-state index >= 15 is 0 Å². The van der Waals surface area contributed by atoms with E-state index in [9.17, 15) is 0 Å². The van der Waals surface area contributed by atoms with Gasteiger partial charge in [0.1, 0.15) is 5.60 Å². The third kappa shape index (κ3) is 1.23. The Kier molecular flexibility index (Phi) is 1.67. The number of ether oxygens (including phenoxy) is 1. The Hall–Kier alpha value is -0.960. The highest BCUT2D eigenvalue weighted by atomic mass is 16.6. The zero-order chi connectivity index (χ0) is 9.53. The molecule has 3 heteroatoms. The molecule has 2 heterocycles. The smallest absolute Gasteiger partial charge is 0.140 e. The lowest BCUT2D eigenvalue weighted by Gasteiger charge is -2.26. The first-order chi connectivity index (χ1) is 6.06. The minimum absolute atomic E-state index is 0.0863. The Morgan fingerprint density at radius 2 is 2.08 bits per heavy atom. The number of nitrogens with zero attached hydrogens (tertiary/aromatic N) is 2. The van der Waals surface area contributed by atoms with E-state index in [0.717, 1.165) is 12.3 Å². The average molecular weight is 178 g/mol. The molecular formula is C10H14N2O. The van der Waals surface area contributed by atoms with E-state index in [1.54, 1.807) is 18.6 Å². The molecule has 13 heavy (non-hydrogen) atoms. The van der Waals surface area contributed by atoms with Crippen molar-refractivity contribution in [2.24, 2.45) is 5.41 Å². The normalized spacial score (nSPS) is 27.3. The second kappa shape index (κ2) is 2.51. The van der Waals surface area contributed by atoms with E-state index < -0.39 is 0 Å². The molecule has 0 aromatic carbocycles. The summed E-state index contributed by atoms with van der Waals surface area (Å²) in [4.78, 5) is 8.35. The van der Waals surface area contributed by atoms with E-state index in [4.69, 9.17) is 4.74 Å². The molecule has 1 aliphatic heterocycles. The molecule has 0 N–H and O–H groups in total. The predicted octanol–water partition coefficient (Wildman–Crippen LogP) is 1.75. The molecule has 0 aliphatic carbocycles. The standard InChI is InChI=1S/C10H14N2O/c1-9(2,3)10(7-13-10)8-6-11-4-5-12-8/h4-6H,7H2,1-3H3. The zero-order valence-electron chi connectivity index (χ0n) is 8.24. The zero-order valence-corrected chi connectivity index (χ0v) is 8.24. The van der Waals surface area contributed by atoms with Crippen LogP contribution >= 0.6 is 0 Å². The van der Waals surface area contributed by atoms with Gasteiger partial charge < -0.3 is 4.74 Å². The fourth-order valence-electron chi connectivity index (χ4n) is 1.54. The topological polar surface area (TPSA) is 38.3 Å². The molecule has 1 aliphatic rings. The number of hydrogen-bond donors (Lipinski definition) is 0. The quantitative estimate of drug-likeness (QED) is 0.615. The first-order valence-electron chi connectivity index (χ1n) is 4.47. The van der Waals surface area contributed by atoms with Gasteiger partial charge in [-0.2, -0.15) is 0 Å². The average Bonchev–Trinajstić information content (AvgIpc) is 2.84. The van der Waals surface area contributed by atoms with Crippen molar-refractivity contribution in [3.05, 3.63) is 24.3 Å². The Bertz CT molecular complexity index is 298. The molecule has 70 valence electrons. The monoisotopic (exact) mass is 178 g/mol. The first kappa shape index (κ1) is 8.63. The summed E-state index contributed by atoms with van der Waals surface area (Å²) < 4.78 is 5.54. The molecule has 0 bridgehead atoms. The van der Waals surface area contributed by atoms with Gasteiger partial charge in [0.25, 0.3) is 0 Å². The maximum Gasteiger partial charge on any atom is 0.140 e. The molecule has 1 aromatic heterocycles. The molecule has 0 amide bonds. The summed E-state index contributed by atoms with van der Waals surface area (Å²) in [6.45, 7) is 7.24. The maximum atomic E-state index is 5.54. The Labute approximate surface area is 78.2 Å². The van der Waals surface area contributed by atoms with Crippen LogP contribution in [-0.4, -0.2) is 16.6 Å². The highest BCUT2D eigenvalue weighted by Gasteiger charge is 2.56. The van der Waals surface area contributed by atoms with Gasteiger partial charge in [-0.3, -0.25) is 9.97 Å². The van der Waals surface area contributed by atoms with Gasteiger partial charge in [-0.25, -0.2) is 0 Å². The second-order valence-corrected chi connectivity index (χ2v) is 4.46. The third-order valence-corrected chi connectivity index (χ3v) is 2.62. The number of epoxide rings is 1. The largest absolute Gasteiger partial charge is 0.362 e. The lowest BCUT2D eigenvalue weighted by Crippen LogP contribution is -2.28. The molecule has 1 atom stereocenters. The molecule has 1 saturated heterocycles. The van der Waals surface area contributed by atoms with Gasteiger partial charge in [0.2, 0.25) is 0 Å². The van der Waals surface area contributed by atoms with Crippen LogP contribution in [0.15, 0.2) is 18.6 Å². The summed E-state index contributed by atoms with van der Waals surface area (Å²) in [7, 11) is 0. The molecular weight excluding hydrogens is 164 g/mol. The third-order valence-electron chi connectivity index (χ3n) is 2.62. The second-order valence-electron chi connectivity index (χ2n) is 4.46. The van der Waals surface area contributed by atoms with E-state index in [-0.39, 0.29) is 11.0 Å². The first-order valence-corrected chi connectivity index (χ1v) is 4.47. The van der Waals surface area contributed by atoms with Crippen molar-refractivity contribution in [2.45, 2.75) is 26.4 Å². The van der Waals surface area contributed by atoms with Crippen molar-refractivity contribution in [1.29, 1.82) is 0 Å². The van der Waals surface area contributed by atoms with Crippen molar-refractivity contribution in [3.8, 4) is 0 Å². The number of rotatable bonds is 1. The lowest BCUT2D eigenvalue weighted by atomic mass is 9.79. The molecule has 2 rings (SSSR count). The Morgan fingerprint density at radius 1 is 1.38 bits per heavy atom. The highest BCUT2D eigenvalue weighted by Crippen LogP contribution is 2.51. The number of hydrogen-bond acceptors (Lipinski definition) is 3. The van der Waals surface area contributed by atoms with Crippen LogP contribution < -0.4 is 0 Å². The van der Waals surface area contributed by atoms with E-state index in [2.05, 4.69) is 30.7 Å². The fourth-order valence-corrected chi connectivity index (χ4v) is 1.54. The van der Waals surface area contributed by atoms with E-state index in [1.807, 2.05) is 0 Å². The van der Waals surface area contributed by atoms with Crippen molar-refractivity contribution in [1.82, 2.24) is 9.97 Å². The minimum Gasteiger partial charge on any atom is -0.362 e. The van der Waals surface area contributed by atoms with Gasteiger partial charge in [-0.15, -0.1) is 0 Å². The van der Waals surface area contributed by atoms with Crippen LogP contribution in [0.1, 0.15) is 26.5 Å². The van der Waals surface area contributed by atoms with Gasteiger partial charge in [-0.05, 0) is 5.41 Å². The van der Waals surface area contributed by atoms with Crippen molar-refractivity contribution >= 4 is 0 Å². The van der Waals surface area contributed by atoms with Gasteiger partial charge >= 0.3 is 0 Å². The molecule has 0 spiro atoms. The summed E-state index contributed by atoms with van der Waals surface area (Å²) in [5.74, 6) is 0. The van der Waals surface area contributed by atoms with Crippen molar-refractivity contribution in [2.75, 3.05) is 6.61 Å². The van der Waals surface area contributed by atoms with Crippen LogP contribution in [0.5, 0.6) is 0 Å².